The molecule has 1 amide bonds. The Hall–Kier alpha value is -2.27. The minimum Gasteiger partial charge on any atom is -0.489 e. The second-order valence-electron chi connectivity index (χ2n) is 38.7. The monoisotopic (exact) mass is 1420 g/mol. The number of benzene rings is 1. The van der Waals surface area contributed by atoms with Crippen LogP contribution in [0.4, 0.5) is 5.69 Å². The van der Waals surface area contributed by atoms with E-state index in [9.17, 15) is 4.79 Å². The Bertz CT molecular complexity index is 2220. The topological polar surface area (TPSA) is 158 Å². The van der Waals surface area contributed by atoms with Crippen molar-refractivity contribution in [1.82, 2.24) is 34.7 Å². The molecule has 0 bridgehead atoms. The normalized spacial score (nSPS) is 19.5. The van der Waals surface area contributed by atoms with E-state index < -0.39 is 0 Å². The third kappa shape index (κ3) is 51.8. The first kappa shape index (κ1) is 95.7. The number of nitrogens with one attached hydrogen (secondary N) is 1. The lowest BCUT2D eigenvalue weighted by Gasteiger charge is -2.44. The van der Waals surface area contributed by atoms with Crippen molar-refractivity contribution in [3.05, 3.63) is 23.8 Å². The maximum atomic E-state index is 12.0. The molecule has 2 atom stereocenters. The van der Waals surface area contributed by atoms with Crippen molar-refractivity contribution in [2.75, 3.05) is 163 Å². The average molecular weight is 1420 g/mol. The van der Waals surface area contributed by atoms with Gasteiger partial charge in [0.2, 0.25) is 5.91 Å². The first-order valence-corrected chi connectivity index (χ1v) is 38.8. The van der Waals surface area contributed by atoms with Gasteiger partial charge in [0.1, 0.15) is 19.1 Å². The number of likely N-dealkylation sites (tertiary alicyclic amines) is 2. The summed E-state index contributed by atoms with van der Waals surface area (Å²) in [7, 11) is 0. The first-order chi connectivity index (χ1) is 45.5. The molecule has 2 unspecified atom stereocenters. The summed E-state index contributed by atoms with van der Waals surface area (Å²) in [6.07, 6.45) is 5.45. The molecule has 4 aliphatic rings. The molecule has 0 aromatic heterocycles. The van der Waals surface area contributed by atoms with Crippen LogP contribution in [0.2, 0.25) is 0 Å². The molecule has 4 aliphatic heterocycles. The number of amides is 1. The van der Waals surface area contributed by atoms with E-state index in [2.05, 4.69) is 215 Å². The van der Waals surface area contributed by atoms with Crippen LogP contribution in [0, 0.1) is 11.3 Å². The lowest BCUT2D eigenvalue weighted by Crippen LogP contribution is -2.57. The van der Waals surface area contributed by atoms with Crippen molar-refractivity contribution in [2.24, 2.45) is 11.3 Å². The molecule has 4 heterocycles. The highest BCUT2D eigenvalue weighted by molar-refractivity contribution is 5.76. The Labute approximate surface area is 617 Å². The lowest BCUT2D eigenvalue weighted by molar-refractivity contribution is -0.151. The summed E-state index contributed by atoms with van der Waals surface area (Å²) in [5, 5.41) is 3.06. The van der Waals surface area contributed by atoms with Crippen LogP contribution >= 0.6 is 0 Å². The molecule has 3 N–H and O–H groups in total. The number of hydrogen-bond acceptors (Lipinski definition) is 17. The van der Waals surface area contributed by atoms with E-state index in [4.69, 9.17) is 48.4 Å². The molecule has 100 heavy (non-hydrogen) atoms. The number of nitrogen functional groups attached to an aromatic ring is 1. The van der Waals surface area contributed by atoms with Gasteiger partial charge >= 0.3 is 0 Å². The summed E-state index contributed by atoms with van der Waals surface area (Å²) in [4.78, 5) is 27.1. The van der Waals surface area contributed by atoms with E-state index in [1.807, 2.05) is 59.7 Å². The Morgan fingerprint density at radius 3 is 1.17 bits per heavy atom. The van der Waals surface area contributed by atoms with Gasteiger partial charge in [0.25, 0.3) is 0 Å². The van der Waals surface area contributed by atoms with Gasteiger partial charge in [-0.2, -0.15) is 0 Å². The van der Waals surface area contributed by atoms with Gasteiger partial charge in [-0.15, -0.1) is 0 Å². The van der Waals surface area contributed by atoms with Crippen molar-refractivity contribution >= 4 is 11.6 Å². The number of piperidine rings is 2. The second kappa shape index (κ2) is 44.1. The van der Waals surface area contributed by atoms with Crippen molar-refractivity contribution in [1.29, 1.82) is 0 Å². The molecule has 1 aromatic carbocycles. The van der Waals surface area contributed by atoms with Crippen LogP contribution in [0.5, 0.6) is 5.75 Å². The molecule has 0 saturated carbocycles. The molecular formula is C82H164N8O10. The SMILES string of the molecule is CC(C)(C)CNC(=O)CC1CCN(CCOC(C)(C)C)CC1.CC(C)(C)OCCN1CCC(OCOC(C)(C)C)CC1.CC(C)(C)OCCN1CCN(C(C)(C)C)CC1.CC(C)(C)OCCOc1cc(C(C)(C)C)ccc1N.CC1CN(CCOC(C)(C)C)C(C)CN1CCOC(C)(C)C. The van der Waals surface area contributed by atoms with Gasteiger partial charge in [-0.1, -0.05) is 47.6 Å². The Kier molecular flexibility index (Phi) is 42.3. The Morgan fingerprint density at radius 2 is 0.810 bits per heavy atom. The number of nitrogens with zero attached hydrogens (tertiary/aromatic N) is 6. The fraction of sp³-hybridized carbons (Fsp3) is 0.915. The molecule has 5 rings (SSSR count). The number of nitrogens with two attached hydrogens (primary N) is 1. The highest BCUT2D eigenvalue weighted by atomic mass is 16.7. The van der Waals surface area contributed by atoms with Crippen LogP contribution in [0.15, 0.2) is 18.2 Å². The highest BCUT2D eigenvalue weighted by Crippen LogP contribution is 2.31. The van der Waals surface area contributed by atoms with Gasteiger partial charge in [-0.25, -0.2) is 0 Å². The van der Waals surface area contributed by atoms with E-state index >= 15 is 0 Å². The number of anilines is 1. The fourth-order valence-corrected chi connectivity index (χ4v) is 11.3. The minimum atomic E-state index is -0.137. The predicted octanol–water partition coefficient (Wildman–Crippen LogP) is 15.1. The van der Waals surface area contributed by atoms with Gasteiger partial charge < -0.3 is 63.5 Å². The molecule has 4 fully saturated rings. The zero-order valence-corrected chi connectivity index (χ0v) is 71.4. The number of ether oxygens (including phenoxy) is 9. The van der Waals surface area contributed by atoms with Crippen molar-refractivity contribution < 1.29 is 47.4 Å². The van der Waals surface area contributed by atoms with Crippen LogP contribution in [-0.4, -0.2) is 256 Å². The maximum absolute atomic E-state index is 12.0. The van der Waals surface area contributed by atoms with Crippen molar-refractivity contribution in [3.8, 4) is 5.75 Å². The number of hydrogen-bond donors (Lipinski definition) is 2. The molecule has 0 spiro atoms. The molecule has 0 radical (unpaired) electrons. The highest BCUT2D eigenvalue weighted by Gasteiger charge is 2.31. The predicted molar refractivity (Wildman–Crippen MR) is 422 cm³/mol. The molecule has 18 nitrogen and oxygen atoms in total. The third-order valence-electron chi connectivity index (χ3n) is 17.3. The van der Waals surface area contributed by atoms with Gasteiger partial charge in [0.15, 0.2) is 0 Å². The second-order valence-corrected chi connectivity index (χ2v) is 38.7. The van der Waals surface area contributed by atoms with E-state index in [-0.39, 0.29) is 55.9 Å². The Morgan fingerprint density at radius 1 is 0.450 bits per heavy atom. The lowest BCUT2D eigenvalue weighted by atomic mass is 9.87. The summed E-state index contributed by atoms with van der Waals surface area (Å²) in [5.41, 5.74) is 7.95. The van der Waals surface area contributed by atoms with Crippen molar-refractivity contribution in [2.45, 2.75) is 322 Å². The number of carbonyl (C=O) groups excluding carboxylic acids is 1. The zero-order chi connectivity index (χ0) is 76.8. The van der Waals surface area contributed by atoms with Crippen LogP contribution in [-0.2, 0) is 48.1 Å². The van der Waals surface area contributed by atoms with Crippen LogP contribution in [0.1, 0.15) is 259 Å². The van der Waals surface area contributed by atoms with E-state index in [1.165, 1.54) is 31.7 Å². The summed E-state index contributed by atoms with van der Waals surface area (Å²) >= 11 is 0. The fourth-order valence-electron chi connectivity index (χ4n) is 11.3. The minimum absolute atomic E-state index is 0.00671. The third-order valence-corrected chi connectivity index (χ3v) is 17.3. The molecule has 0 aliphatic carbocycles. The maximum Gasteiger partial charge on any atom is 0.220 e. The summed E-state index contributed by atoms with van der Waals surface area (Å²) in [5.74, 6) is 1.49. The summed E-state index contributed by atoms with van der Waals surface area (Å²) in [6, 6.07) is 7.13. The van der Waals surface area contributed by atoms with E-state index in [0.29, 0.717) is 61.8 Å². The van der Waals surface area contributed by atoms with Gasteiger partial charge in [-0.05, 0) is 253 Å². The van der Waals surface area contributed by atoms with Gasteiger partial charge in [0.05, 0.1) is 90.6 Å². The van der Waals surface area contributed by atoms with Gasteiger partial charge in [0, 0.05) is 116 Å². The average Bonchev–Trinajstić information content (AvgIpc) is 0.849. The molecular weight excluding hydrogens is 1260 g/mol. The van der Waals surface area contributed by atoms with E-state index in [0.717, 1.165) is 143 Å². The Balaban J connectivity index is 0.000000627. The molecule has 18 heteroatoms. The quantitative estimate of drug-likeness (QED) is 0.0541. The van der Waals surface area contributed by atoms with E-state index in [1.54, 1.807) is 0 Å². The number of carbonyl (C=O) groups is 1. The van der Waals surface area contributed by atoms with Crippen LogP contribution < -0.4 is 15.8 Å². The standard InChI is InChI=1S/C18H38N2O2.C18H36N2O2.C16H33NO3.C16H27NO2.C14H30N2O/c1-15-13-20(10-12-22-18(6,7)8)16(2)14-19(15)9-11-21-17(3,4)5;1-17(2,3)14-19-16(21)13-15-7-9-20(10-8-15)11-12-22-18(4,5)6;1-15(2,3)19-12-11-17-9-7-14(8-10-17)18-13-20-16(4,5)6;1-15(2,3)12-7-8-13(17)14(11-12)18-9-10-19-16(4,5)6;1-13(2,3)16-9-7-15(8-10-16)11-12-17-14(4,5)6/h15-16H,9-14H2,1-8H3;15H,7-14H2,1-6H3,(H,19,21);14H,7-13H2,1-6H3;7-8,11H,9-10,17H2,1-6H3;7-12H2,1-6H3. The zero-order valence-electron chi connectivity index (χ0n) is 71.4. The summed E-state index contributed by atoms with van der Waals surface area (Å²) in [6.45, 7) is 91.1. The molecule has 4 saturated heterocycles. The number of piperazine rings is 2. The summed E-state index contributed by atoms with van der Waals surface area (Å²) < 4.78 is 51.8. The molecule has 592 valence electrons. The van der Waals surface area contributed by atoms with Crippen LogP contribution in [0.25, 0.3) is 0 Å². The number of rotatable bonds is 25. The smallest absolute Gasteiger partial charge is 0.220 e. The first-order valence-electron chi connectivity index (χ1n) is 38.8. The van der Waals surface area contributed by atoms with Crippen molar-refractivity contribution in [3.63, 3.8) is 0 Å². The van der Waals surface area contributed by atoms with Crippen LogP contribution in [0.3, 0.4) is 0 Å². The molecule has 1 aromatic rings. The van der Waals surface area contributed by atoms with Gasteiger partial charge in [-0.3, -0.25) is 24.4 Å². The largest absolute Gasteiger partial charge is 0.489 e.